The van der Waals surface area contributed by atoms with Gasteiger partial charge in [-0.05, 0) is 100 Å². The van der Waals surface area contributed by atoms with E-state index in [1.165, 1.54) is 12.7 Å². The Bertz CT molecular complexity index is 2540. The van der Waals surface area contributed by atoms with E-state index in [4.69, 9.17) is 18.3 Å². The van der Waals surface area contributed by atoms with Crippen LogP contribution in [0.3, 0.4) is 0 Å². The van der Waals surface area contributed by atoms with Gasteiger partial charge in [-0.25, -0.2) is 30.1 Å². The van der Waals surface area contributed by atoms with Gasteiger partial charge in [0.05, 0.1) is 23.9 Å². The number of aromatic nitrogens is 8. The Balaban J connectivity index is 0.000000162. The summed E-state index contributed by atoms with van der Waals surface area (Å²) >= 11 is 0. The second-order valence-corrected chi connectivity index (χ2v) is 12.1. The molecule has 0 fully saturated rings. The molecule has 0 aliphatic heterocycles. The van der Waals surface area contributed by atoms with Gasteiger partial charge in [0, 0.05) is 22.3 Å². The third-order valence-corrected chi connectivity index (χ3v) is 8.62. The van der Waals surface area contributed by atoms with Crippen LogP contribution in [0.5, 0.6) is 23.3 Å². The van der Waals surface area contributed by atoms with E-state index in [-0.39, 0.29) is 11.1 Å². The van der Waals surface area contributed by atoms with Crippen LogP contribution in [0.2, 0.25) is 0 Å². The van der Waals surface area contributed by atoms with E-state index in [1.54, 1.807) is 38.5 Å². The predicted molar refractivity (Wildman–Crippen MR) is 193 cm³/mol. The Morgan fingerprint density at radius 1 is 0.558 bits per heavy atom. The molecule has 8 rings (SSSR count). The Morgan fingerprint density at radius 3 is 1.38 bits per heavy atom. The maximum atomic E-state index is 11.9. The molecule has 0 bridgehead atoms. The molecule has 0 unspecified atom stereocenters. The fraction of sp³-hybridized carbons (Fsp3) is 0.158. The molecular weight excluding hydrogens is 664 g/mol. The molecule has 0 aliphatic rings. The monoisotopic (exact) mass is 696 g/mol. The van der Waals surface area contributed by atoms with Crippen molar-refractivity contribution in [3.05, 3.63) is 128 Å². The predicted octanol–water partition coefficient (Wildman–Crippen LogP) is 7.38. The molecule has 6 heterocycles. The van der Waals surface area contributed by atoms with Gasteiger partial charge in [0.1, 0.15) is 34.9 Å². The Labute approximate surface area is 295 Å². The molecule has 0 saturated carbocycles. The zero-order chi connectivity index (χ0) is 36.5. The van der Waals surface area contributed by atoms with Crippen molar-refractivity contribution >= 4 is 22.2 Å². The van der Waals surface area contributed by atoms with Gasteiger partial charge in [0.25, 0.3) is 11.1 Å². The maximum absolute atomic E-state index is 11.9. The molecule has 0 aliphatic carbocycles. The van der Waals surface area contributed by atoms with Crippen LogP contribution in [-0.4, -0.2) is 40.3 Å². The summed E-state index contributed by atoms with van der Waals surface area (Å²) in [5.41, 5.74) is 8.94. The number of rotatable bonds is 6. The molecule has 0 radical (unpaired) electrons. The topological polar surface area (TPSA) is 188 Å². The average Bonchev–Trinajstić information content (AvgIpc) is 3.82. The highest BCUT2D eigenvalue weighted by Crippen LogP contribution is 2.34. The zero-order valence-corrected chi connectivity index (χ0v) is 29.1. The Morgan fingerprint density at radius 2 is 0.981 bits per heavy atom. The summed E-state index contributed by atoms with van der Waals surface area (Å²) in [6.45, 7) is 11.3. The standard InChI is InChI=1S/2C19H16N4O3/c2*1-10-8-13(26-19-15-6-7-25-18(15)20-9-21-19)4-5-14(10)16-11(2)17(24)23-22-12(16)3/h2*4-9H,1-3H3,(H,23,24). The lowest BCUT2D eigenvalue weighted by Crippen LogP contribution is -2.14. The van der Waals surface area contributed by atoms with Crippen molar-refractivity contribution in [1.82, 2.24) is 40.3 Å². The van der Waals surface area contributed by atoms with E-state index in [1.807, 2.05) is 64.1 Å². The lowest BCUT2D eigenvalue weighted by molar-refractivity contribution is 0.466. The third kappa shape index (κ3) is 6.40. The molecule has 0 saturated heterocycles. The van der Waals surface area contributed by atoms with Crippen LogP contribution in [-0.2, 0) is 0 Å². The Kier molecular flexibility index (Phi) is 8.86. The summed E-state index contributed by atoms with van der Waals surface area (Å²) in [4.78, 5) is 40.3. The number of H-pyrrole nitrogens is 2. The Hall–Kier alpha value is -6.96. The molecule has 0 spiro atoms. The summed E-state index contributed by atoms with van der Waals surface area (Å²) in [7, 11) is 0. The first-order valence-electron chi connectivity index (χ1n) is 16.1. The average molecular weight is 697 g/mol. The zero-order valence-electron chi connectivity index (χ0n) is 29.1. The molecule has 260 valence electrons. The molecule has 14 heteroatoms. The minimum Gasteiger partial charge on any atom is -0.446 e. The van der Waals surface area contributed by atoms with Crippen molar-refractivity contribution in [2.75, 3.05) is 0 Å². The lowest BCUT2D eigenvalue weighted by Gasteiger charge is -2.13. The van der Waals surface area contributed by atoms with E-state index >= 15 is 0 Å². The van der Waals surface area contributed by atoms with E-state index in [9.17, 15) is 9.59 Å². The summed E-state index contributed by atoms with van der Waals surface area (Å²) < 4.78 is 22.4. The molecule has 52 heavy (non-hydrogen) atoms. The van der Waals surface area contributed by atoms with Crippen LogP contribution >= 0.6 is 0 Å². The van der Waals surface area contributed by atoms with Crippen molar-refractivity contribution in [2.45, 2.75) is 41.5 Å². The number of nitrogens with one attached hydrogen (secondary N) is 2. The SMILES string of the molecule is Cc1cc(Oc2ncnc3occc23)ccc1-c1c(C)n[nH]c(=O)c1C.Cc1cc(Oc2ncnc3occc23)ccc1-c1c(C)n[nH]c(=O)c1C. The van der Waals surface area contributed by atoms with Gasteiger partial charge in [0.15, 0.2) is 0 Å². The highest BCUT2D eigenvalue weighted by molar-refractivity contribution is 5.80. The first kappa shape index (κ1) is 33.5. The van der Waals surface area contributed by atoms with Crippen molar-refractivity contribution < 1.29 is 18.3 Å². The van der Waals surface area contributed by atoms with E-state index in [0.29, 0.717) is 56.6 Å². The first-order valence-corrected chi connectivity index (χ1v) is 16.1. The molecule has 8 aromatic rings. The molecule has 2 aromatic carbocycles. The largest absolute Gasteiger partial charge is 0.446 e. The molecule has 0 atom stereocenters. The fourth-order valence-corrected chi connectivity index (χ4v) is 5.99. The third-order valence-electron chi connectivity index (χ3n) is 8.62. The van der Waals surface area contributed by atoms with Crippen LogP contribution in [0.15, 0.2) is 92.1 Å². The van der Waals surface area contributed by atoms with Crippen LogP contribution in [0.25, 0.3) is 44.5 Å². The number of ether oxygens (including phenoxy) is 2. The van der Waals surface area contributed by atoms with Gasteiger partial charge in [0.2, 0.25) is 23.2 Å². The van der Waals surface area contributed by atoms with Crippen LogP contribution in [0.1, 0.15) is 33.6 Å². The molecular formula is C38H32N8O6. The van der Waals surface area contributed by atoms with Gasteiger partial charge in [-0.15, -0.1) is 0 Å². The number of benzene rings is 2. The fourth-order valence-electron chi connectivity index (χ4n) is 5.99. The molecule has 14 nitrogen and oxygen atoms in total. The van der Waals surface area contributed by atoms with Crippen molar-refractivity contribution in [3.63, 3.8) is 0 Å². The molecule has 6 aromatic heterocycles. The minimum absolute atomic E-state index is 0.186. The summed E-state index contributed by atoms with van der Waals surface area (Å²) in [6, 6.07) is 14.9. The lowest BCUT2D eigenvalue weighted by atomic mass is 9.96. The normalized spacial score (nSPS) is 11.0. The second kappa shape index (κ2) is 13.7. The minimum atomic E-state index is -0.186. The molecule has 2 N–H and O–H groups in total. The van der Waals surface area contributed by atoms with Gasteiger partial charge < -0.3 is 18.3 Å². The maximum Gasteiger partial charge on any atom is 0.267 e. The quantitative estimate of drug-likeness (QED) is 0.176. The number of aromatic amines is 2. The van der Waals surface area contributed by atoms with Crippen molar-refractivity contribution in [2.24, 2.45) is 0 Å². The van der Waals surface area contributed by atoms with Crippen LogP contribution < -0.4 is 20.6 Å². The summed E-state index contributed by atoms with van der Waals surface area (Å²) in [5.74, 6) is 2.14. The number of nitrogens with zero attached hydrogens (tertiary/aromatic N) is 6. The van der Waals surface area contributed by atoms with Gasteiger partial charge in [-0.2, -0.15) is 10.2 Å². The van der Waals surface area contributed by atoms with Crippen LogP contribution in [0.4, 0.5) is 0 Å². The summed E-state index contributed by atoms with van der Waals surface area (Å²) in [6.07, 6.45) is 5.89. The van der Waals surface area contributed by atoms with E-state index < -0.39 is 0 Å². The van der Waals surface area contributed by atoms with E-state index in [0.717, 1.165) is 44.8 Å². The van der Waals surface area contributed by atoms with Gasteiger partial charge in [-0.1, -0.05) is 12.1 Å². The summed E-state index contributed by atoms with van der Waals surface area (Å²) in [5, 5.41) is 14.6. The highest BCUT2D eigenvalue weighted by atomic mass is 16.5. The van der Waals surface area contributed by atoms with Gasteiger partial charge >= 0.3 is 0 Å². The number of hydrogen-bond acceptors (Lipinski definition) is 12. The van der Waals surface area contributed by atoms with Crippen molar-refractivity contribution in [1.29, 1.82) is 0 Å². The number of hydrogen-bond donors (Lipinski definition) is 2. The second-order valence-electron chi connectivity index (χ2n) is 12.1. The highest BCUT2D eigenvalue weighted by Gasteiger charge is 2.16. The van der Waals surface area contributed by atoms with Gasteiger partial charge in [-0.3, -0.25) is 9.59 Å². The number of fused-ring (bicyclic) bond motifs is 2. The number of aryl methyl sites for hydroxylation is 4. The molecule has 0 amide bonds. The smallest absolute Gasteiger partial charge is 0.267 e. The first-order chi connectivity index (χ1) is 25.1. The van der Waals surface area contributed by atoms with Crippen LogP contribution in [0, 0.1) is 41.5 Å². The number of furan rings is 2. The van der Waals surface area contributed by atoms with E-state index in [2.05, 4.69) is 40.3 Å². The van der Waals surface area contributed by atoms with Crippen molar-refractivity contribution in [3.8, 4) is 45.5 Å².